The van der Waals surface area contributed by atoms with Gasteiger partial charge in [-0.05, 0) is 31.1 Å². The summed E-state index contributed by atoms with van der Waals surface area (Å²) in [5, 5.41) is 14.9. The van der Waals surface area contributed by atoms with Crippen LogP contribution in [-0.2, 0) is 0 Å². The summed E-state index contributed by atoms with van der Waals surface area (Å²) < 4.78 is 28.7. The third-order valence-electron chi connectivity index (χ3n) is 5.90. The summed E-state index contributed by atoms with van der Waals surface area (Å²) in [5.74, 6) is -3.58. The van der Waals surface area contributed by atoms with Crippen LogP contribution in [0.15, 0.2) is 34.2 Å². The third-order valence-corrected chi connectivity index (χ3v) is 7.00. The summed E-state index contributed by atoms with van der Waals surface area (Å²) in [4.78, 5) is 40.7. The van der Waals surface area contributed by atoms with Crippen LogP contribution in [0.5, 0.6) is 5.88 Å². The van der Waals surface area contributed by atoms with Crippen molar-refractivity contribution >= 4 is 29.0 Å². The average Bonchev–Trinajstić information content (AvgIpc) is 3.15. The molecule has 0 atom stereocenters. The highest BCUT2D eigenvalue weighted by atomic mass is 32.1. The van der Waals surface area contributed by atoms with Gasteiger partial charge in [-0.25, -0.2) is 18.6 Å². The Morgan fingerprint density at radius 1 is 1.31 bits per heavy atom. The number of aromatic amines is 2. The molecule has 2 fully saturated rings. The first-order chi connectivity index (χ1) is 16.8. The SMILES string of the molecule is O=C(c1ccc(-c2cc(=NC3CC3)n3nc/c(=C\c4[nH]c(=O)[nH]c4O)c3n2)s1)N1CCC(F)(F)C1. The molecular weight excluding hydrogens is 480 g/mol. The van der Waals surface area contributed by atoms with Gasteiger partial charge in [0.1, 0.15) is 5.69 Å². The second-order valence-electron chi connectivity index (χ2n) is 8.68. The van der Waals surface area contributed by atoms with Crippen molar-refractivity contribution in [1.29, 1.82) is 0 Å². The molecule has 2 aliphatic rings. The van der Waals surface area contributed by atoms with Crippen molar-refractivity contribution in [3.05, 3.63) is 56.2 Å². The van der Waals surface area contributed by atoms with Crippen LogP contribution in [0.3, 0.4) is 0 Å². The minimum Gasteiger partial charge on any atom is -0.493 e. The van der Waals surface area contributed by atoms with E-state index in [2.05, 4.69) is 15.1 Å². The van der Waals surface area contributed by atoms with Crippen LogP contribution in [0.25, 0.3) is 22.3 Å². The first-order valence-corrected chi connectivity index (χ1v) is 11.8. The molecule has 10 nitrogen and oxygen atoms in total. The average molecular weight is 500 g/mol. The van der Waals surface area contributed by atoms with Gasteiger partial charge >= 0.3 is 5.69 Å². The summed E-state index contributed by atoms with van der Waals surface area (Å²) in [6.45, 7) is -0.548. The zero-order valence-electron chi connectivity index (χ0n) is 18.2. The molecule has 3 N–H and O–H groups in total. The van der Waals surface area contributed by atoms with Crippen molar-refractivity contribution < 1.29 is 18.7 Å². The molecule has 13 heteroatoms. The van der Waals surface area contributed by atoms with Crippen LogP contribution < -0.4 is 16.4 Å². The lowest BCUT2D eigenvalue weighted by atomic mass is 10.3. The van der Waals surface area contributed by atoms with E-state index in [9.17, 15) is 23.5 Å². The minimum absolute atomic E-state index is 0.0246. The number of aromatic nitrogens is 5. The minimum atomic E-state index is -2.85. The molecule has 6 rings (SSSR count). The van der Waals surface area contributed by atoms with Crippen molar-refractivity contribution in [2.75, 3.05) is 13.1 Å². The van der Waals surface area contributed by atoms with Crippen LogP contribution in [0.1, 0.15) is 34.6 Å². The molecule has 1 amide bonds. The van der Waals surface area contributed by atoms with E-state index in [1.165, 1.54) is 16.2 Å². The predicted molar refractivity (Wildman–Crippen MR) is 122 cm³/mol. The van der Waals surface area contributed by atoms with Gasteiger partial charge in [0.15, 0.2) is 11.1 Å². The number of aromatic hydroxyl groups is 1. The molecule has 35 heavy (non-hydrogen) atoms. The molecule has 4 aromatic heterocycles. The van der Waals surface area contributed by atoms with E-state index in [0.717, 1.165) is 12.8 Å². The molecular formula is C22H19F2N7O3S. The van der Waals surface area contributed by atoms with E-state index in [1.54, 1.807) is 35.0 Å². The molecule has 180 valence electrons. The van der Waals surface area contributed by atoms with Crippen molar-refractivity contribution in [1.82, 2.24) is 29.5 Å². The smallest absolute Gasteiger partial charge is 0.326 e. The van der Waals surface area contributed by atoms with E-state index in [0.29, 0.717) is 31.8 Å². The zero-order valence-corrected chi connectivity index (χ0v) is 19.0. The lowest BCUT2D eigenvalue weighted by Crippen LogP contribution is -2.30. The number of halogens is 2. The number of hydrogen-bond acceptors (Lipinski definition) is 7. The Morgan fingerprint density at radius 2 is 2.14 bits per heavy atom. The normalized spacial score (nSPS) is 18.7. The molecule has 4 aromatic rings. The van der Waals surface area contributed by atoms with E-state index in [4.69, 9.17) is 9.98 Å². The first-order valence-electron chi connectivity index (χ1n) is 11.0. The zero-order chi connectivity index (χ0) is 24.3. The maximum atomic E-state index is 13.6. The topological polar surface area (TPSA) is 132 Å². The quantitative estimate of drug-likeness (QED) is 0.389. The number of amides is 1. The van der Waals surface area contributed by atoms with Gasteiger partial charge in [-0.3, -0.25) is 14.8 Å². The molecule has 0 radical (unpaired) electrons. The van der Waals surface area contributed by atoms with Gasteiger partial charge in [0, 0.05) is 24.3 Å². The predicted octanol–water partition coefficient (Wildman–Crippen LogP) is 1.27. The number of rotatable bonds is 4. The molecule has 0 spiro atoms. The molecule has 1 saturated heterocycles. The number of nitrogens with one attached hydrogen (secondary N) is 2. The number of alkyl halides is 2. The van der Waals surface area contributed by atoms with Gasteiger partial charge in [0.05, 0.1) is 34.2 Å². The maximum absolute atomic E-state index is 13.6. The second kappa shape index (κ2) is 7.83. The van der Waals surface area contributed by atoms with Crippen molar-refractivity contribution in [3.8, 4) is 16.5 Å². The number of fused-ring (bicyclic) bond motifs is 1. The maximum Gasteiger partial charge on any atom is 0.326 e. The van der Waals surface area contributed by atoms with Gasteiger partial charge in [-0.15, -0.1) is 11.3 Å². The van der Waals surface area contributed by atoms with Crippen molar-refractivity contribution in [3.63, 3.8) is 0 Å². The number of carbonyl (C=O) groups excluding carboxylic acids is 1. The highest BCUT2D eigenvalue weighted by molar-refractivity contribution is 7.17. The van der Waals surface area contributed by atoms with Crippen LogP contribution in [-0.4, -0.2) is 65.5 Å². The fourth-order valence-electron chi connectivity index (χ4n) is 3.98. The summed E-state index contributed by atoms with van der Waals surface area (Å²) in [7, 11) is 0. The molecule has 5 heterocycles. The summed E-state index contributed by atoms with van der Waals surface area (Å²) >= 11 is 1.18. The number of hydrogen-bond donors (Lipinski definition) is 3. The van der Waals surface area contributed by atoms with Gasteiger partial charge in [0.25, 0.3) is 11.8 Å². The number of thiophene rings is 1. The number of H-pyrrole nitrogens is 2. The Morgan fingerprint density at radius 3 is 2.83 bits per heavy atom. The summed E-state index contributed by atoms with van der Waals surface area (Å²) in [6, 6.07) is 5.34. The summed E-state index contributed by atoms with van der Waals surface area (Å²) in [5.41, 5.74) is 1.22. The number of likely N-dealkylation sites (tertiary alicyclic amines) is 1. The Balaban J connectivity index is 1.44. The lowest BCUT2D eigenvalue weighted by Gasteiger charge is -2.14. The van der Waals surface area contributed by atoms with Crippen LogP contribution in [0.4, 0.5) is 8.78 Å². The monoisotopic (exact) mass is 499 g/mol. The van der Waals surface area contributed by atoms with E-state index < -0.39 is 24.1 Å². The van der Waals surface area contributed by atoms with E-state index in [1.807, 2.05) is 0 Å². The molecule has 0 unspecified atom stereocenters. The number of imidazole rings is 1. The Kier molecular flexibility index (Phi) is 4.85. The molecule has 1 aliphatic heterocycles. The van der Waals surface area contributed by atoms with Gasteiger partial charge in [0.2, 0.25) is 5.88 Å². The highest BCUT2D eigenvalue weighted by Crippen LogP contribution is 2.31. The molecule has 0 bridgehead atoms. The molecule has 0 aromatic carbocycles. The Hall–Kier alpha value is -3.87. The largest absolute Gasteiger partial charge is 0.493 e. The van der Waals surface area contributed by atoms with Gasteiger partial charge in [-0.2, -0.15) is 9.61 Å². The Bertz CT molecular complexity index is 1650. The van der Waals surface area contributed by atoms with E-state index in [-0.39, 0.29) is 30.6 Å². The van der Waals surface area contributed by atoms with Crippen molar-refractivity contribution in [2.45, 2.75) is 31.2 Å². The van der Waals surface area contributed by atoms with Crippen LogP contribution in [0.2, 0.25) is 0 Å². The number of carbonyl (C=O) groups is 1. The number of nitrogens with zero attached hydrogens (tertiary/aromatic N) is 5. The third kappa shape index (κ3) is 4.11. The summed E-state index contributed by atoms with van der Waals surface area (Å²) in [6.07, 6.45) is 4.74. The highest BCUT2D eigenvalue weighted by Gasteiger charge is 2.40. The standard InChI is InChI=1S/C22H19F2N7O3S/c23-22(24)5-6-30(10-22)20(33)16-4-3-15(35-16)13-8-17(26-12-1-2-12)31-18(27-13)11(9-25-31)7-14-19(32)29-21(34)28-14/h3-4,7-9,12,32H,1-2,5-6,10H2,(H2,28,29,34)/b11-7+,26-17?. The Labute approximate surface area is 199 Å². The van der Waals surface area contributed by atoms with Gasteiger partial charge < -0.3 is 15.0 Å². The van der Waals surface area contributed by atoms with E-state index >= 15 is 0 Å². The second-order valence-corrected chi connectivity index (χ2v) is 9.76. The van der Waals surface area contributed by atoms with Crippen LogP contribution >= 0.6 is 11.3 Å². The van der Waals surface area contributed by atoms with Crippen LogP contribution in [0, 0.1) is 0 Å². The first kappa shape index (κ1) is 21.6. The molecule has 1 aliphatic carbocycles. The lowest BCUT2D eigenvalue weighted by molar-refractivity contribution is 0.0121. The van der Waals surface area contributed by atoms with Crippen molar-refractivity contribution in [2.24, 2.45) is 4.99 Å². The van der Waals surface area contributed by atoms with Gasteiger partial charge in [-0.1, -0.05) is 0 Å². The fourth-order valence-corrected chi connectivity index (χ4v) is 4.91. The fraction of sp³-hybridized carbons (Fsp3) is 0.318. The molecule has 1 saturated carbocycles.